The first-order valence-electron chi connectivity index (χ1n) is 9.99. The molecule has 1 aliphatic carbocycles. The summed E-state index contributed by atoms with van der Waals surface area (Å²) in [5.74, 6) is 0.299. The van der Waals surface area contributed by atoms with Gasteiger partial charge in [-0.25, -0.2) is 0 Å². The van der Waals surface area contributed by atoms with Crippen molar-refractivity contribution in [3.63, 3.8) is 0 Å². The fraction of sp³-hybridized carbons (Fsp3) is 0.591. The largest absolute Gasteiger partial charge is 0.412 e. The molecule has 6 nitrogen and oxygen atoms in total. The van der Waals surface area contributed by atoms with E-state index >= 15 is 0 Å². The minimum atomic E-state index is -0.818. The van der Waals surface area contributed by atoms with Crippen molar-refractivity contribution in [3.8, 4) is 0 Å². The topological polar surface area (TPSA) is 84.5 Å². The summed E-state index contributed by atoms with van der Waals surface area (Å²) < 4.78 is 5.45. The third-order valence-corrected chi connectivity index (χ3v) is 5.53. The summed E-state index contributed by atoms with van der Waals surface area (Å²) in [6.45, 7) is 12.8. The lowest BCUT2D eigenvalue weighted by atomic mass is 9.95. The number of morpholine rings is 1. The zero-order valence-electron chi connectivity index (χ0n) is 17.1. The Morgan fingerprint density at radius 3 is 2.75 bits per heavy atom. The first-order chi connectivity index (χ1) is 13.0. The van der Waals surface area contributed by atoms with Gasteiger partial charge in [-0.05, 0) is 29.9 Å². The SMILES string of the molecule is C=C(C(=O)N1CC2=C(CC(N3CCOCC3)C=C2)C1)C(O)C/C=C/C(C)C.O. The van der Waals surface area contributed by atoms with E-state index in [4.69, 9.17) is 4.74 Å². The molecular weight excluding hydrogens is 356 g/mol. The highest BCUT2D eigenvalue weighted by Gasteiger charge is 2.32. The molecule has 1 fully saturated rings. The van der Waals surface area contributed by atoms with Crippen molar-refractivity contribution in [2.24, 2.45) is 5.92 Å². The van der Waals surface area contributed by atoms with Crippen LogP contribution in [0.15, 0.2) is 47.6 Å². The first-order valence-corrected chi connectivity index (χ1v) is 9.99. The smallest absolute Gasteiger partial charge is 0.252 e. The van der Waals surface area contributed by atoms with Gasteiger partial charge in [-0.15, -0.1) is 0 Å². The summed E-state index contributed by atoms with van der Waals surface area (Å²) in [6, 6.07) is 0.401. The molecule has 6 heteroatoms. The van der Waals surface area contributed by atoms with E-state index in [-0.39, 0.29) is 17.0 Å². The average molecular weight is 391 g/mol. The van der Waals surface area contributed by atoms with Crippen LogP contribution in [0.2, 0.25) is 0 Å². The summed E-state index contributed by atoms with van der Waals surface area (Å²) in [4.78, 5) is 17.0. The summed E-state index contributed by atoms with van der Waals surface area (Å²) in [6.07, 6.45) is 8.99. The molecule has 0 aromatic rings. The molecule has 2 heterocycles. The van der Waals surface area contributed by atoms with Gasteiger partial charge < -0.3 is 20.2 Å². The number of carbonyl (C=O) groups is 1. The second-order valence-electron chi connectivity index (χ2n) is 8.02. The maximum Gasteiger partial charge on any atom is 0.252 e. The van der Waals surface area contributed by atoms with Crippen molar-refractivity contribution >= 4 is 5.91 Å². The molecule has 156 valence electrons. The Labute approximate surface area is 168 Å². The zero-order chi connectivity index (χ0) is 19.4. The highest BCUT2D eigenvalue weighted by molar-refractivity contribution is 5.94. The molecule has 3 rings (SSSR count). The van der Waals surface area contributed by atoms with E-state index in [1.54, 1.807) is 0 Å². The van der Waals surface area contributed by atoms with E-state index in [0.717, 1.165) is 32.7 Å². The molecule has 2 aliphatic heterocycles. The molecule has 0 aromatic carbocycles. The third kappa shape index (κ3) is 5.41. The number of nitrogens with zero attached hydrogens (tertiary/aromatic N) is 2. The highest BCUT2D eigenvalue weighted by Crippen LogP contribution is 2.30. The number of aliphatic hydroxyl groups is 1. The second-order valence-corrected chi connectivity index (χ2v) is 8.02. The van der Waals surface area contributed by atoms with Crippen LogP contribution in [0, 0.1) is 5.92 Å². The van der Waals surface area contributed by atoms with Gasteiger partial charge in [-0.2, -0.15) is 0 Å². The summed E-state index contributed by atoms with van der Waals surface area (Å²) in [7, 11) is 0. The summed E-state index contributed by atoms with van der Waals surface area (Å²) in [5, 5.41) is 10.3. The number of ether oxygens (including phenoxy) is 1. The van der Waals surface area contributed by atoms with E-state index in [2.05, 4.69) is 37.5 Å². The van der Waals surface area contributed by atoms with Gasteiger partial charge >= 0.3 is 0 Å². The van der Waals surface area contributed by atoms with E-state index in [1.165, 1.54) is 11.1 Å². The van der Waals surface area contributed by atoms with Gasteiger partial charge in [0, 0.05) is 37.8 Å². The summed E-state index contributed by atoms with van der Waals surface area (Å²) >= 11 is 0. The van der Waals surface area contributed by atoms with E-state index < -0.39 is 6.10 Å². The molecule has 0 bridgehead atoms. The normalized spacial score (nSPS) is 23.9. The van der Waals surface area contributed by atoms with Gasteiger partial charge in [0.2, 0.25) is 0 Å². The van der Waals surface area contributed by atoms with Crippen LogP contribution in [0.25, 0.3) is 0 Å². The maximum atomic E-state index is 12.8. The molecule has 1 amide bonds. The lowest BCUT2D eigenvalue weighted by Gasteiger charge is -2.34. The van der Waals surface area contributed by atoms with Gasteiger partial charge in [0.05, 0.1) is 19.3 Å². The van der Waals surface area contributed by atoms with Gasteiger partial charge in [0.25, 0.3) is 5.91 Å². The van der Waals surface area contributed by atoms with Crippen molar-refractivity contribution < 1.29 is 20.1 Å². The number of amides is 1. The quantitative estimate of drug-likeness (QED) is 0.550. The number of allylic oxidation sites excluding steroid dienone is 1. The van der Waals surface area contributed by atoms with Crippen molar-refractivity contribution in [2.75, 3.05) is 39.4 Å². The Morgan fingerprint density at radius 2 is 2.07 bits per heavy atom. The number of hydrogen-bond acceptors (Lipinski definition) is 4. The monoisotopic (exact) mass is 390 g/mol. The maximum absolute atomic E-state index is 12.8. The van der Waals surface area contributed by atoms with Crippen LogP contribution in [0.3, 0.4) is 0 Å². The molecule has 28 heavy (non-hydrogen) atoms. The molecule has 3 N–H and O–H groups in total. The van der Waals surface area contributed by atoms with Crippen LogP contribution in [0.4, 0.5) is 0 Å². The molecule has 1 saturated heterocycles. The van der Waals surface area contributed by atoms with Crippen LogP contribution in [-0.4, -0.2) is 77.8 Å². The average Bonchev–Trinajstić information content (AvgIpc) is 3.10. The van der Waals surface area contributed by atoms with E-state index in [9.17, 15) is 9.90 Å². The molecule has 0 radical (unpaired) electrons. The lowest BCUT2D eigenvalue weighted by Crippen LogP contribution is -2.43. The van der Waals surface area contributed by atoms with Gasteiger partial charge in [0.15, 0.2) is 0 Å². The standard InChI is InChI=1S/C22H32N2O3.H2O/c1-16(2)5-4-6-21(25)17(3)22(26)24-14-18-7-8-20(13-19(18)15-24)23-9-11-27-12-10-23;/h4-5,7-8,16,20-21,25H,3,6,9-15H2,1-2H3;1H2/b5-4+;. The van der Waals surface area contributed by atoms with Crippen molar-refractivity contribution in [2.45, 2.75) is 38.8 Å². The summed E-state index contributed by atoms with van der Waals surface area (Å²) in [5.41, 5.74) is 2.87. The number of aliphatic hydroxyl groups excluding tert-OH is 1. The molecule has 2 atom stereocenters. The Bertz CT molecular complexity index is 659. The molecule has 2 unspecified atom stereocenters. The van der Waals surface area contributed by atoms with Gasteiger partial charge in [-0.3, -0.25) is 9.69 Å². The predicted molar refractivity (Wildman–Crippen MR) is 111 cm³/mol. The minimum Gasteiger partial charge on any atom is -0.412 e. The van der Waals surface area contributed by atoms with Crippen molar-refractivity contribution in [1.82, 2.24) is 9.80 Å². The van der Waals surface area contributed by atoms with Crippen LogP contribution < -0.4 is 0 Å². The fourth-order valence-corrected chi connectivity index (χ4v) is 3.89. The number of rotatable bonds is 6. The Kier molecular flexibility index (Phi) is 8.19. The van der Waals surface area contributed by atoms with Crippen LogP contribution >= 0.6 is 0 Å². The zero-order valence-corrected chi connectivity index (χ0v) is 17.1. The Morgan fingerprint density at radius 1 is 1.36 bits per heavy atom. The molecular formula is C22H34N2O4. The lowest BCUT2D eigenvalue weighted by molar-refractivity contribution is -0.127. The fourth-order valence-electron chi connectivity index (χ4n) is 3.89. The third-order valence-electron chi connectivity index (χ3n) is 5.53. The van der Waals surface area contributed by atoms with Crippen molar-refractivity contribution in [3.05, 3.63) is 47.6 Å². The van der Waals surface area contributed by atoms with Crippen molar-refractivity contribution in [1.29, 1.82) is 0 Å². The van der Waals surface area contributed by atoms with Crippen LogP contribution in [0.1, 0.15) is 26.7 Å². The highest BCUT2D eigenvalue weighted by atomic mass is 16.5. The molecule has 0 spiro atoms. The Hall–Kier alpha value is -1.73. The first kappa shape index (κ1) is 22.6. The van der Waals surface area contributed by atoms with Gasteiger partial charge in [-0.1, -0.05) is 44.7 Å². The van der Waals surface area contributed by atoms with Crippen LogP contribution in [-0.2, 0) is 9.53 Å². The van der Waals surface area contributed by atoms with Gasteiger partial charge in [0.1, 0.15) is 0 Å². The predicted octanol–water partition coefficient (Wildman–Crippen LogP) is 1.48. The number of hydrogen-bond donors (Lipinski definition) is 1. The van der Waals surface area contributed by atoms with E-state index in [1.807, 2.05) is 17.1 Å². The van der Waals surface area contributed by atoms with E-state index in [0.29, 0.717) is 31.5 Å². The Balaban J connectivity index is 0.00000280. The number of carbonyl (C=O) groups excluding carboxylic acids is 1. The molecule has 0 aromatic heterocycles. The minimum absolute atomic E-state index is 0. The molecule has 3 aliphatic rings. The van der Waals surface area contributed by atoms with Crippen LogP contribution in [0.5, 0.6) is 0 Å². The molecule has 0 saturated carbocycles. The second kappa shape index (κ2) is 10.2.